The van der Waals surface area contributed by atoms with Crippen LogP contribution in [0.25, 0.3) is 10.5 Å². The van der Waals surface area contributed by atoms with Gasteiger partial charge < -0.3 is 14.6 Å². The summed E-state index contributed by atoms with van der Waals surface area (Å²) in [6, 6.07) is 1.98. The van der Waals surface area contributed by atoms with Gasteiger partial charge in [-0.2, -0.15) is 0 Å². The monoisotopic (exact) mass is 522 g/mol. The maximum absolute atomic E-state index is 15.7. The molecule has 12 heteroatoms. The van der Waals surface area contributed by atoms with Gasteiger partial charge in [-0.05, 0) is 42.4 Å². The summed E-state index contributed by atoms with van der Waals surface area (Å²) in [7, 11) is -4.33. The summed E-state index contributed by atoms with van der Waals surface area (Å²) in [5.74, 6) is -3.12. The van der Waals surface area contributed by atoms with E-state index in [1.807, 2.05) is 13.8 Å². The normalized spacial score (nSPS) is 22.4. The number of rotatable bonds is 7. The van der Waals surface area contributed by atoms with E-state index < -0.39 is 62.4 Å². The Morgan fingerprint density at radius 3 is 2.58 bits per heavy atom. The van der Waals surface area contributed by atoms with Crippen molar-refractivity contribution >= 4 is 38.5 Å². The number of nitrogens with one attached hydrogen (secondary N) is 1. The van der Waals surface area contributed by atoms with Crippen LogP contribution in [0.3, 0.4) is 0 Å². The van der Waals surface area contributed by atoms with Crippen molar-refractivity contribution in [1.29, 1.82) is 0 Å². The number of sulfonamides is 1. The summed E-state index contributed by atoms with van der Waals surface area (Å²) < 4.78 is 52.3. The molecule has 2 N–H and O–H groups in total. The van der Waals surface area contributed by atoms with Crippen molar-refractivity contribution in [2.75, 3.05) is 6.54 Å². The zero-order valence-electron chi connectivity index (χ0n) is 20.0. The lowest BCUT2D eigenvalue weighted by atomic mass is 9.96. The van der Waals surface area contributed by atoms with Gasteiger partial charge in [-0.15, -0.1) is 0 Å². The molecule has 1 fully saturated rings. The highest BCUT2D eigenvalue weighted by Gasteiger charge is 2.51. The number of ether oxygens (including phenoxy) is 2. The number of phenolic OH excluding ortho intramolecular Hbond substituents is 1. The molecule has 2 heterocycles. The summed E-state index contributed by atoms with van der Waals surface area (Å²) >= 11 is 0. The van der Waals surface area contributed by atoms with Gasteiger partial charge in [0.15, 0.2) is 0 Å². The van der Waals surface area contributed by atoms with Gasteiger partial charge in [-0.3, -0.25) is 14.5 Å². The van der Waals surface area contributed by atoms with Crippen LogP contribution in [0.4, 0.5) is 9.18 Å². The molecule has 3 aliphatic rings. The topological polar surface area (TPSA) is 139 Å². The molecule has 1 aliphatic carbocycles. The van der Waals surface area contributed by atoms with Gasteiger partial charge >= 0.3 is 12.1 Å². The first-order chi connectivity index (χ1) is 16.9. The van der Waals surface area contributed by atoms with Crippen LogP contribution in [0.5, 0.6) is 5.75 Å². The number of halogens is 1. The standard InChI is InChI=1S/C24H27FN2O8S/c1-4-5-20(30)34-13(2)35-23(31)27-12-14(10-18(27)24(3)8-9-24)15-6-7-16(28)21(22(15)25)17-11-19(29)26-36(17,32)33/h6-7,10-11,13,18,28H,4-5,8-9,12H2,1-3H3,(H,26,29). The van der Waals surface area contributed by atoms with Crippen molar-refractivity contribution in [2.45, 2.75) is 58.8 Å². The summed E-state index contributed by atoms with van der Waals surface area (Å²) in [6.45, 7) is 5.17. The molecule has 0 radical (unpaired) electrons. The van der Waals surface area contributed by atoms with E-state index in [0.717, 1.165) is 18.9 Å². The minimum absolute atomic E-state index is 0.0229. The molecule has 10 nitrogen and oxygen atoms in total. The number of carbonyl (C=O) groups excluding carboxylic acids is 3. The number of nitrogens with zero attached hydrogens (tertiary/aromatic N) is 1. The molecule has 194 valence electrons. The largest absolute Gasteiger partial charge is 0.507 e. The lowest BCUT2D eigenvalue weighted by molar-refractivity contribution is -0.166. The Hall–Kier alpha value is -3.41. The second kappa shape index (κ2) is 9.23. The molecule has 0 aromatic heterocycles. The number of esters is 1. The number of amides is 2. The molecule has 1 aromatic carbocycles. The van der Waals surface area contributed by atoms with Crippen LogP contribution >= 0.6 is 0 Å². The molecule has 1 saturated carbocycles. The molecule has 0 bridgehead atoms. The van der Waals surface area contributed by atoms with Crippen LogP contribution in [-0.2, 0) is 29.1 Å². The SMILES string of the molecule is CCCC(=O)OC(C)OC(=O)N1CC(c2ccc(O)c(C3=CC(=O)NS3(=O)=O)c2F)=CC1C1(C)CC1. The second-order valence-corrected chi connectivity index (χ2v) is 11.1. The summed E-state index contributed by atoms with van der Waals surface area (Å²) in [6.07, 6.45) is 3.00. The molecular formula is C24H27FN2O8S. The first-order valence-electron chi connectivity index (χ1n) is 11.5. The van der Waals surface area contributed by atoms with E-state index in [2.05, 4.69) is 0 Å². The molecule has 2 amide bonds. The fourth-order valence-corrected chi connectivity index (χ4v) is 5.55. The van der Waals surface area contributed by atoms with E-state index in [0.29, 0.717) is 18.1 Å². The Bertz CT molecular complexity index is 1300. The van der Waals surface area contributed by atoms with Gasteiger partial charge in [0, 0.05) is 25.0 Å². The first-order valence-corrected chi connectivity index (χ1v) is 13.0. The van der Waals surface area contributed by atoms with E-state index in [4.69, 9.17) is 9.47 Å². The van der Waals surface area contributed by atoms with Crippen molar-refractivity contribution in [3.05, 3.63) is 41.2 Å². The fraction of sp³-hybridized carbons (Fsp3) is 0.458. The number of aromatic hydroxyl groups is 1. The van der Waals surface area contributed by atoms with Crippen molar-refractivity contribution < 1.29 is 41.8 Å². The molecule has 4 rings (SSSR count). The van der Waals surface area contributed by atoms with Crippen LogP contribution in [0, 0.1) is 11.2 Å². The number of hydrogen-bond acceptors (Lipinski definition) is 8. The Balaban J connectivity index is 1.63. The minimum atomic E-state index is -4.33. The third-order valence-corrected chi connectivity index (χ3v) is 7.91. The number of phenols is 1. The van der Waals surface area contributed by atoms with Crippen LogP contribution in [0.2, 0.25) is 0 Å². The molecule has 0 saturated heterocycles. The minimum Gasteiger partial charge on any atom is -0.507 e. The third kappa shape index (κ3) is 4.81. The van der Waals surface area contributed by atoms with Crippen molar-refractivity contribution in [3.63, 3.8) is 0 Å². The van der Waals surface area contributed by atoms with Gasteiger partial charge in [-0.1, -0.05) is 19.9 Å². The molecule has 2 aliphatic heterocycles. The van der Waals surface area contributed by atoms with E-state index in [-0.39, 0.29) is 23.9 Å². The Morgan fingerprint density at radius 2 is 2.00 bits per heavy atom. The van der Waals surface area contributed by atoms with Crippen LogP contribution in [0.15, 0.2) is 24.3 Å². The van der Waals surface area contributed by atoms with Gasteiger partial charge in [0.05, 0.1) is 18.2 Å². The first kappa shape index (κ1) is 25.7. The zero-order chi connectivity index (χ0) is 26.4. The van der Waals surface area contributed by atoms with Crippen molar-refractivity contribution in [2.24, 2.45) is 5.41 Å². The zero-order valence-corrected chi connectivity index (χ0v) is 20.9. The Morgan fingerprint density at radius 1 is 1.31 bits per heavy atom. The summed E-state index contributed by atoms with van der Waals surface area (Å²) in [5.41, 5.74) is -0.523. The van der Waals surface area contributed by atoms with E-state index in [9.17, 15) is 27.9 Å². The van der Waals surface area contributed by atoms with Gasteiger partial charge in [0.1, 0.15) is 16.5 Å². The van der Waals surface area contributed by atoms with Gasteiger partial charge in [0.2, 0.25) is 6.29 Å². The molecule has 2 unspecified atom stereocenters. The third-order valence-electron chi connectivity index (χ3n) is 6.54. The average Bonchev–Trinajstić information content (AvgIpc) is 3.24. The molecular weight excluding hydrogens is 495 g/mol. The molecule has 2 atom stereocenters. The van der Waals surface area contributed by atoms with Gasteiger partial charge in [-0.25, -0.2) is 22.3 Å². The van der Waals surface area contributed by atoms with Crippen LogP contribution < -0.4 is 4.72 Å². The predicted octanol–water partition coefficient (Wildman–Crippen LogP) is 3.03. The highest BCUT2D eigenvalue weighted by molar-refractivity contribution is 8.00. The molecule has 0 spiro atoms. The van der Waals surface area contributed by atoms with Crippen LogP contribution in [-0.4, -0.2) is 55.3 Å². The Kier molecular flexibility index (Phi) is 6.58. The quantitative estimate of drug-likeness (QED) is 0.412. The number of benzene rings is 1. The lowest BCUT2D eigenvalue weighted by Gasteiger charge is -2.29. The summed E-state index contributed by atoms with van der Waals surface area (Å²) in [5, 5.41) is 10.2. The maximum Gasteiger partial charge on any atom is 0.413 e. The molecule has 36 heavy (non-hydrogen) atoms. The van der Waals surface area contributed by atoms with E-state index >= 15 is 4.39 Å². The number of hydrogen-bond donors (Lipinski definition) is 2. The van der Waals surface area contributed by atoms with Crippen molar-refractivity contribution in [3.8, 4) is 5.75 Å². The highest BCUT2D eigenvalue weighted by Crippen LogP contribution is 2.53. The second-order valence-electron chi connectivity index (χ2n) is 9.41. The summed E-state index contributed by atoms with van der Waals surface area (Å²) in [4.78, 5) is 37.1. The fourth-order valence-electron chi connectivity index (χ4n) is 4.39. The van der Waals surface area contributed by atoms with E-state index in [1.54, 1.807) is 10.8 Å². The Labute approximate surface area is 207 Å². The van der Waals surface area contributed by atoms with Gasteiger partial charge in [0.25, 0.3) is 15.9 Å². The lowest BCUT2D eigenvalue weighted by Crippen LogP contribution is -2.42. The van der Waals surface area contributed by atoms with Crippen LogP contribution in [0.1, 0.15) is 57.6 Å². The predicted molar refractivity (Wildman–Crippen MR) is 126 cm³/mol. The average molecular weight is 523 g/mol. The maximum atomic E-state index is 15.7. The smallest absolute Gasteiger partial charge is 0.413 e. The number of carbonyl (C=O) groups is 3. The van der Waals surface area contributed by atoms with E-state index in [1.165, 1.54) is 17.9 Å². The highest BCUT2D eigenvalue weighted by atomic mass is 32.2. The molecule has 1 aromatic rings. The van der Waals surface area contributed by atoms with Crippen molar-refractivity contribution in [1.82, 2.24) is 9.62 Å².